The van der Waals surface area contributed by atoms with Crippen LogP contribution in [0.4, 0.5) is 13.2 Å². The van der Waals surface area contributed by atoms with Crippen molar-refractivity contribution in [3.63, 3.8) is 0 Å². The van der Waals surface area contributed by atoms with Crippen molar-refractivity contribution in [1.29, 1.82) is 5.26 Å². The van der Waals surface area contributed by atoms with Crippen molar-refractivity contribution in [2.45, 2.75) is 90.6 Å². The molecule has 0 saturated heterocycles. The van der Waals surface area contributed by atoms with Crippen molar-refractivity contribution >= 4 is 11.8 Å². The lowest BCUT2D eigenvalue weighted by Crippen LogP contribution is -2.50. The molecule has 2 amide bonds. The lowest BCUT2D eigenvalue weighted by molar-refractivity contribution is -0.274. The van der Waals surface area contributed by atoms with E-state index in [-0.39, 0.29) is 46.9 Å². The molecule has 0 aliphatic heterocycles. The van der Waals surface area contributed by atoms with Crippen LogP contribution in [0.25, 0.3) is 0 Å². The quantitative estimate of drug-likeness (QED) is 0.512. The summed E-state index contributed by atoms with van der Waals surface area (Å²) in [6.45, 7) is 4.29. The van der Waals surface area contributed by atoms with Gasteiger partial charge in [-0.15, -0.1) is 13.2 Å². The second-order valence-corrected chi connectivity index (χ2v) is 11.7. The van der Waals surface area contributed by atoms with Crippen LogP contribution in [0.2, 0.25) is 0 Å². The average Bonchev–Trinajstić information content (AvgIpc) is 2.81. The Labute approximate surface area is 216 Å². The molecule has 9 heteroatoms. The molecule has 0 aromatic heterocycles. The first-order valence-electron chi connectivity index (χ1n) is 13.3. The first-order chi connectivity index (χ1) is 17.4. The van der Waals surface area contributed by atoms with E-state index in [2.05, 4.69) is 29.2 Å². The monoisotopic (exact) mass is 519 g/mol. The maximum absolute atomic E-state index is 13.2. The third kappa shape index (κ3) is 6.97. The van der Waals surface area contributed by atoms with Crippen molar-refractivity contribution in [3.05, 3.63) is 29.3 Å². The number of hydrogen-bond donors (Lipinski definition) is 2. The molecule has 3 fully saturated rings. The Morgan fingerprint density at radius 3 is 2.35 bits per heavy atom. The number of rotatable bonds is 6. The summed E-state index contributed by atoms with van der Waals surface area (Å²) >= 11 is 0. The van der Waals surface area contributed by atoms with Gasteiger partial charge in [-0.3, -0.25) is 9.59 Å². The Kier molecular flexibility index (Phi) is 8.05. The second-order valence-electron chi connectivity index (χ2n) is 11.7. The van der Waals surface area contributed by atoms with Gasteiger partial charge in [0.25, 0.3) is 0 Å². The van der Waals surface area contributed by atoms with Crippen molar-refractivity contribution < 1.29 is 27.5 Å². The van der Waals surface area contributed by atoms with Gasteiger partial charge in [0, 0.05) is 29.5 Å². The summed E-state index contributed by atoms with van der Waals surface area (Å²) in [5.41, 5.74) is -0.140. The van der Waals surface area contributed by atoms with Gasteiger partial charge in [-0.05, 0) is 87.7 Å². The number of nitriles is 1. The predicted octanol–water partition coefficient (Wildman–Crippen LogP) is 5.60. The van der Waals surface area contributed by atoms with Crippen LogP contribution in [0, 0.1) is 40.4 Å². The van der Waals surface area contributed by atoms with Gasteiger partial charge >= 0.3 is 6.36 Å². The first kappa shape index (κ1) is 27.3. The Morgan fingerprint density at radius 1 is 1.11 bits per heavy atom. The normalized spacial score (nSPS) is 31.6. The van der Waals surface area contributed by atoms with E-state index >= 15 is 0 Å². The number of benzene rings is 1. The fourth-order valence-corrected chi connectivity index (χ4v) is 6.95. The van der Waals surface area contributed by atoms with Gasteiger partial charge in [0.2, 0.25) is 11.8 Å². The van der Waals surface area contributed by atoms with Crippen LogP contribution in [0.3, 0.4) is 0 Å². The molecule has 1 aromatic rings. The van der Waals surface area contributed by atoms with Crippen LogP contribution >= 0.6 is 0 Å². The standard InChI is InChI=1S/C28H36F3N3O3/c1-17-9-19-11-20(10-17)14-27(2,13-19)26(36)34-23-7-5-21(6-8-23)25(35)33-16-22-4-3-18(15-32)12-24(22)37-28(29,30)31/h3-4,12,17,19-21,23H,5-11,13-14,16H2,1-2H3,(H,33,35)(H,34,36). The van der Waals surface area contributed by atoms with Gasteiger partial charge in [0.05, 0.1) is 11.6 Å². The average molecular weight is 520 g/mol. The molecule has 2 unspecified atom stereocenters. The van der Waals surface area contributed by atoms with Crippen LogP contribution in [0.5, 0.6) is 5.75 Å². The molecule has 0 radical (unpaired) electrons. The van der Waals surface area contributed by atoms with E-state index in [4.69, 9.17) is 5.26 Å². The minimum atomic E-state index is -4.90. The van der Waals surface area contributed by atoms with E-state index in [0.717, 1.165) is 24.8 Å². The first-order valence-corrected chi connectivity index (χ1v) is 13.3. The summed E-state index contributed by atoms with van der Waals surface area (Å²) in [4.78, 5) is 26.0. The molecule has 202 valence electrons. The molecule has 0 heterocycles. The number of amides is 2. The number of halogens is 3. The van der Waals surface area contributed by atoms with E-state index in [9.17, 15) is 22.8 Å². The maximum Gasteiger partial charge on any atom is 0.573 e. The molecule has 2 N–H and O–H groups in total. The lowest BCUT2D eigenvalue weighted by atomic mass is 9.59. The third-order valence-corrected chi connectivity index (χ3v) is 8.47. The summed E-state index contributed by atoms with van der Waals surface area (Å²) in [5.74, 6) is 1.18. The molecule has 0 spiro atoms. The van der Waals surface area contributed by atoms with Crippen molar-refractivity contribution in [1.82, 2.24) is 10.6 Å². The number of fused-ring (bicyclic) bond motifs is 2. The van der Waals surface area contributed by atoms with E-state index < -0.39 is 12.1 Å². The minimum Gasteiger partial charge on any atom is -0.405 e. The van der Waals surface area contributed by atoms with Crippen LogP contribution < -0.4 is 15.4 Å². The molecule has 3 aliphatic carbocycles. The van der Waals surface area contributed by atoms with Gasteiger partial charge in [-0.25, -0.2) is 0 Å². The van der Waals surface area contributed by atoms with Gasteiger partial charge in [-0.2, -0.15) is 5.26 Å². The maximum atomic E-state index is 13.2. The molecular formula is C28H36F3N3O3. The second kappa shape index (κ2) is 10.9. The summed E-state index contributed by atoms with van der Waals surface area (Å²) in [6.07, 6.45) is 3.29. The van der Waals surface area contributed by atoms with Gasteiger partial charge < -0.3 is 15.4 Å². The summed E-state index contributed by atoms with van der Waals surface area (Å²) in [5, 5.41) is 14.9. The highest BCUT2D eigenvalue weighted by atomic mass is 19.4. The van der Waals surface area contributed by atoms with Crippen LogP contribution in [0.15, 0.2) is 18.2 Å². The van der Waals surface area contributed by atoms with E-state index in [1.165, 1.54) is 31.4 Å². The molecule has 1 aromatic carbocycles. The number of carbonyl (C=O) groups is 2. The number of nitrogens with zero attached hydrogens (tertiary/aromatic N) is 1. The third-order valence-electron chi connectivity index (χ3n) is 8.47. The Bertz CT molecular complexity index is 1030. The molecule has 2 bridgehead atoms. The molecule has 3 saturated carbocycles. The number of ether oxygens (including phenoxy) is 1. The zero-order chi connectivity index (χ0) is 26.8. The van der Waals surface area contributed by atoms with E-state index in [0.29, 0.717) is 37.5 Å². The molecule has 6 nitrogen and oxygen atoms in total. The largest absolute Gasteiger partial charge is 0.573 e. The predicted molar refractivity (Wildman–Crippen MR) is 131 cm³/mol. The minimum absolute atomic E-state index is 0.0366. The fraction of sp³-hybridized carbons (Fsp3) is 0.679. The van der Waals surface area contributed by atoms with E-state index in [1.807, 2.05) is 0 Å². The van der Waals surface area contributed by atoms with Crippen molar-refractivity contribution in [2.75, 3.05) is 0 Å². The summed E-state index contributed by atoms with van der Waals surface area (Å²) in [6, 6.07) is 5.59. The summed E-state index contributed by atoms with van der Waals surface area (Å²) in [7, 11) is 0. The zero-order valence-corrected chi connectivity index (χ0v) is 21.5. The fourth-order valence-electron chi connectivity index (χ4n) is 6.95. The van der Waals surface area contributed by atoms with Crippen LogP contribution in [-0.4, -0.2) is 24.2 Å². The highest BCUT2D eigenvalue weighted by Crippen LogP contribution is 2.50. The molecular weight excluding hydrogens is 483 g/mol. The Balaban J connectivity index is 1.26. The number of hydrogen-bond acceptors (Lipinski definition) is 4. The lowest BCUT2D eigenvalue weighted by Gasteiger charge is -2.46. The smallest absolute Gasteiger partial charge is 0.405 e. The van der Waals surface area contributed by atoms with Gasteiger partial charge in [0.1, 0.15) is 5.75 Å². The SMILES string of the molecule is CC1CC2CC(C1)CC(C)(C(=O)NC1CCC(C(=O)NCc3ccc(C#N)cc3OC(F)(F)F)CC1)C2. The van der Waals surface area contributed by atoms with Crippen molar-refractivity contribution in [2.24, 2.45) is 29.1 Å². The van der Waals surface area contributed by atoms with Gasteiger partial charge in [0.15, 0.2) is 0 Å². The number of carbonyl (C=O) groups excluding carboxylic acids is 2. The van der Waals surface area contributed by atoms with Crippen LogP contribution in [-0.2, 0) is 16.1 Å². The zero-order valence-electron chi connectivity index (χ0n) is 21.5. The Morgan fingerprint density at radius 2 is 1.76 bits per heavy atom. The van der Waals surface area contributed by atoms with E-state index in [1.54, 1.807) is 6.07 Å². The van der Waals surface area contributed by atoms with Crippen LogP contribution in [0.1, 0.15) is 82.8 Å². The van der Waals surface area contributed by atoms with Gasteiger partial charge in [-0.1, -0.05) is 19.9 Å². The molecule has 3 aliphatic rings. The molecule has 2 atom stereocenters. The summed E-state index contributed by atoms with van der Waals surface area (Å²) < 4.78 is 42.4. The molecule has 4 rings (SSSR count). The van der Waals surface area contributed by atoms with Crippen molar-refractivity contribution in [3.8, 4) is 11.8 Å². The Hall–Kier alpha value is -2.76. The highest BCUT2D eigenvalue weighted by molar-refractivity contribution is 5.83. The number of nitrogens with one attached hydrogen (secondary N) is 2. The highest BCUT2D eigenvalue weighted by Gasteiger charge is 2.45. The molecule has 37 heavy (non-hydrogen) atoms. The number of alkyl halides is 3. The topological polar surface area (TPSA) is 91.2 Å².